The molecule has 0 spiro atoms. The van der Waals surface area contributed by atoms with Gasteiger partial charge in [0.05, 0.1) is 23.1 Å². The summed E-state index contributed by atoms with van der Waals surface area (Å²) in [5.74, 6) is 0.779. The average Bonchev–Trinajstić information content (AvgIpc) is 3.23. The van der Waals surface area contributed by atoms with Gasteiger partial charge >= 0.3 is 0 Å². The second-order valence-electron chi connectivity index (χ2n) is 8.93. The van der Waals surface area contributed by atoms with Crippen LogP contribution in [0.15, 0.2) is 37.1 Å². The van der Waals surface area contributed by atoms with E-state index in [1.165, 1.54) is 11.3 Å². The largest absolute Gasteiger partial charge is 0.473 e. The lowest BCUT2D eigenvalue weighted by molar-refractivity contribution is 0.129. The van der Waals surface area contributed by atoms with Gasteiger partial charge in [0.25, 0.3) is 0 Å². The third kappa shape index (κ3) is 3.91. The van der Waals surface area contributed by atoms with E-state index in [0.717, 1.165) is 45.9 Å². The molecule has 2 bridgehead atoms. The fourth-order valence-corrected chi connectivity index (χ4v) is 4.57. The zero-order chi connectivity index (χ0) is 23.2. The summed E-state index contributed by atoms with van der Waals surface area (Å²) in [7, 11) is 6.07. The molecule has 4 rings (SSSR count). The highest BCUT2D eigenvalue weighted by atomic mass is 16.5. The Bertz CT molecular complexity index is 1200. The van der Waals surface area contributed by atoms with Crippen molar-refractivity contribution in [2.45, 2.75) is 39.8 Å². The average molecular weight is 432 g/mol. The maximum Gasteiger partial charge on any atom is 0.219 e. The highest BCUT2D eigenvalue weighted by Crippen LogP contribution is 2.34. The first-order valence-corrected chi connectivity index (χ1v) is 11.1. The minimum Gasteiger partial charge on any atom is -0.473 e. The van der Waals surface area contributed by atoms with Crippen LogP contribution in [0.3, 0.4) is 0 Å². The van der Waals surface area contributed by atoms with Crippen molar-refractivity contribution in [1.82, 2.24) is 24.5 Å². The fourth-order valence-electron chi connectivity index (χ4n) is 4.57. The van der Waals surface area contributed by atoms with Crippen LogP contribution in [0.1, 0.15) is 48.0 Å². The molecule has 0 radical (unpaired) electrons. The van der Waals surface area contributed by atoms with Gasteiger partial charge in [-0.1, -0.05) is 30.9 Å². The zero-order valence-corrected chi connectivity index (χ0v) is 20.2. The van der Waals surface area contributed by atoms with Crippen molar-refractivity contribution >= 4 is 11.6 Å². The Morgan fingerprint density at radius 2 is 1.78 bits per heavy atom. The summed E-state index contributed by atoms with van der Waals surface area (Å²) < 4.78 is 10.2. The second-order valence-corrected chi connectivity index (χ2v) is 8.93. The van der Waals surface area contributed by atoms with Crippen LogP contribution in [0.2, 0.25) is 0 Å². The van der Waals surface area contributed by atoms with Gasteiger partial charge in [-0.15, -0.1) is 0 Å². The minimum atomic E-state index is -0.0186. The third-order valence-electron chi connectivity index (χ3n) is 6.46. The van der Waals surface area contributed by atoms with E-state index in [2.05, 4.69) is 81.7 Å². The maximum atomic E-state index is 6.44. The summed E-state index contributed by atoms with van der Waals surface area (Å²) in [4.78, 5) is 2.31. The Balaban J connectivity index is 1.89. The van der Waals surface area contributed by atoms with Gasteiger partial charge < -0.3 is 4.74 Å². The van der Waals surface area contributed by atoms with Crippen LogP contribution in [0.5, 0.6) is 5.88 Å². The number of benzene rings is 1. The first-order valence-electron chi connectivity index (χ1n) is 11.1. The molecule has 1 aliphatic rings. The van der Waals surface area contributed by atoms with Crippen molar-refractivity contribution in [2.24, 2.45) is 14.1 Å². The van der Waals surface area contributed by atoms with Gasteiger partial charge in [0.15, 0.2) is 0 Å². The van der Waals surface area contributed by atoms with Crippen LogP contribution >= 0.6 is 0 Å². The van der Waals surface area contributed by atoms with E-state index < -0.39 is 0 Å². The summed E-state index contributed by atoms with van der Waals surface area (Å²) in [5, 5.41) is 9.19. The molecule has 0 unspecified atom stereocenters. The SMILES string of the molecule is C=C1/C=C/c2c(C)nn(C)c2[C@@H](C)N(C)C[C@H](C)Oc2c(cnn2C)-c2ccc(C)c1c2. The second kappa shape index (κ2) is 8.43. The molecule has 1 aliphatic heterocycles. The van der Waals surface area contributed by atoms with E-state index >= 15 is 0 Å². The van der Waals surface area contributed by atoms with Crippen molar-refractivity contribution < 1.29 is 4.74 Å². The predicted molar refractivity (Wildman–Crippen MR) is 131 cm³/mol. The topological polar surface area (TPSA) is 48.1 Å². The molecule has 3 heterocycles. The predicted octanol–water partition coefficient (Wildman–Crippen LogP) is 4.94. The van der Waals surface area contributed by atoms with E-state index in [1.54, 1.807) is 0 Å². The number of ether oxygens (including phenoxy) is 1. The van der Waals surface area contributed by atoms with Gasteiger partial charge in [-0.3, -0.25) is 9.58 Å². The molecular formula is C26H33N5O. The van der Waals surface area contributed by atoms with E-state index in [1.807, 2.05) is 29.7 Å². The summed E-state index contributed by atoms with van der Waals surface area (Å²) in [6.45, 7) is 13.7. The number of fused-ring (bicyclic) bond motifs is 5. The van der Waals surface area contributed by atoms with Gasteiger partial charge in [-0.2, -0.15) is 10.2 Å². The van der Waals surface area contributed by atoms with E-state index in [4.69, 9.17) is 9.84 Å². The van der Waals surface area contributed by atoms with Gasteiger partial charge in [-0.25, -0.2) is 4.68 Å². The molecule has 168 valence electrons. The lowest BCUT2D eigenvalue weighted by Gasteiger charge is -2.28. The van der Waals surface area contributed by atoms with Crippen molar-refractivity contribution in [3.63, 3.8) is 0 Å². The molecule has 0 saturated carbocycles. The monoisotopic (exact) mass is 431 g/mol. The van der Waals surface area contributed by atoms with Crippen LogP contribution in [0.4, 0.5) is 0 Å². The molecule has 2 atom stereocenters. The molecule has 3 aromatic rings. The number of aromatic nitrogens is 4. The molecule has 0 fully saturated rings. The first kappa shape index (κ1) is 22.1. The summed E-state index contributed by atoms with van der Waals surface area (Å²) in [5.41, 5.74) is 8.68. The molecule has 1 aromatic carbocycles. The van der Waals surface area contributed by atoms with Crippen LogP contribution < -0.4 is 4.74 Å². The molecule has 2 aromatic heterocycles. The summed E-state index contributed by atoms with van der Waals surface area (Å²) in [6.07, 6.45) is 6.13. The lowest BCUT2D eigenvalue weighted by Crippen LogP contribution is -2.34. The number of likely N-dealkylation sites (N-methyl/N-ethyl adjacent to an activating group) is 1. The summed E-state index contributed by atoms with van der Waals surface area (Å²) >= 11 is 0. The number of hydrogen-bond acceptors (Lipinski definition) is 4. The Hall–Kier alpha value is -3.12. The van der Waals surface area contributed by atoms with Gasteiger partial charge in [0.2, 0.25) is 5.88 Å². The molecule has 32 heavy (non-hydrogen) atoms. The Labute approximate surface area is 190 Å². The van der Waals surface area contributed by atoms with Gasteiger partial charge in [0.1, 0.15) is 6.10 Å². The maximum absolute atomic E-state index is 6.44. The van der Waals surface area contributed by atoms with Gasteiger partial charge in [0, 0.05) is 32.2 Å². The van der Waals surface area contributed by atoms with Crippen molar-refractivity contribution in [1.29, 1.82) is 0 Å². The van der Waals surface area contributed by atoms with Crippen LogP contribution in [-0.4, -0.2) is 44.2 Å². The molecular weight excluding hydrogens is 398 g/mol. The molecule has 6 heteroatoms. The first-order chi connectivity index (χ1) is 15.2. The Morgan fingerprint density at radius 3 is 2.53 bits per heavy atom. The molecule has 6 nitrogen and oxygen atoms in total. The van der Waals surface area contributed by atoms with Crippen molar-refractivity contribution in [2.75, 3.05) is 13.6 Å². The zero-order valence-electron chi connectivity index (χ0n) is 20.2. The number of nitrogens with zero attached hydrogens (tertiary/aromatic N) is 5. The standard InChI is InChI=1S/C26H33N5O/c1-16-9-11-21-13-23(16)17(2)10-12-22-19(4)28-30(7)25(22)20(5)29(6)15-18(3)32-26-24(21)14-27-31(26)8/h9-14,18,20H,2,15H2,1,3-8H3/b12-10+/t18-,20+/m0/s1. The highest BCUT2D eigenvalue weighted by molar-refractivity contribution is 5.82. The number of rotatable bonds is 0. The van der Waals surface area contributed by atoms with Crippen LogP contribution in [0, 0.1) is 13.8 Å². The van der Waals surface area contributed by atoms with Crippen LogP contribution in [0.25, 0.3) is 22.8 Å². The fraction of sp³-hybridized carbons (Fsp3) is 0.385. The smallest absolute Gasteiger partial charge is 0.219 e. The minimum absolute atomic E-state index is 0.0186. The Morgan fingerprint density at radius 1 is 1.03 bits per heavy atom. The number of aryl methyl sites for hydroxylation is 4. The molecule has 0 aliphatic carbocycles. The van der Waals surface area contributed by atoms with E-state index in [-0.39, 0.29) is 12.1 Å². The molecule has 0 saturated heterocycles. The summed E-state index contributed by atoms with van der Waals surface area (Å²) in [6, 6.07) is 6.61. The van der Waals surface area contributed by atoms with Gasteiger partial charge in [-0.05, 0) is 63.1 Å². The normalized spacial score (nSPS) is 20.7. The quantitative estimate of drug-likeness (QED) is 0.506. The molecule has 0 N–H and O–H groups in total. The Kier molecular flexibility index (Phi) is 5.82. The van der Waals surface area contributed by atoms with Crippen molar-refractivity contribution in [3.8, 4) is 17.0 Å². The third-order valence-corrected chi connectivity index (χ3v) is 6.46. The van der Waals surface area contributed by atoms with E-state index in [9.17, 15) is 0 Å². The van der Waals surface area contributed by atoms with E-state index in [0.29, 0.717) is 0 Å². The lowest BCUT2D eigenvalue weighted by atomic mass is 9.96. The molecule has 0 amide bonds. The van der Waals surface area contributed by atoms with Crippen molar-refractivity contribution in [3.05, 3.63) is 65.1 Å². The van der Waals surface area contributed by atoms with Crippen LogP contribution in [-0.2, 0) is 14.1 Å². The highest BCUT2D eigenvalue weighted by Gasteiger charge is 2.24. The number of allylic oxidation sites excluding steroid dienone is 2. The number of hydrogen-bond donors (Lipinski definition) is 0.